The highest BCUT2D eigenvalue weighted by Crippen LogP contribution is 2.22. The number of nitrogens with zero attached hydrogens (tertiary/aromatic N) is 4. The first-order valence-corrected chi connectivity index (χ1v) is 11.2. The van der Waals surface area contributed by atoms with E-state index in [1.54, 1.807) is 17.0 Å². The fraction of sp³-hybridized carbons (Fsp3) is 0.409. The summed E-state index contributed by atoms with van der Waals surface area (Å²) in [6.45, 7) is 6.41. The van der Waals surface area contributed by atoms with E-state index < -0.39 is 11.8 Å². The normalized spacial score (nSPS) is 13.8. The molecule has 0 spiro atoms. The molecule has 0 saturated carbocycles. The second-order valence-electron chi connectivity index (χ2n) is 7.47. The van der Waals surface area contributed by atoms with Crippen LogP contribution < -0.4 is 4.90 Å². The molecule has 3 rings (SSSR count). The Labute approximate surface area is 190 Å². The maximum atomic E-state index is 14.4. The summed E-state index contributed by atoms with van der Waals surface area (Å²) < 4.78 is 19.5. The summed E-state index contributed by atoms with van der Waals surface area (Å²) in [4.78, 5) is 47.7. The van der Waals surface area contributed by atoms with Gasteiger partial charge in [0.1, 0.15) is 5.82 Å². The highest BCUT2D eigenvalue weighted by atomic mass is 32.2. The molecule has 8 nitrogen and oxygen atoms in total. The SMILES string of the molecule is CC(=O)c1ccc(N2CCN(C(=O)COC(=O)CSc3nc(C)cc(C)n3)CC2)c(F)c1. The van der Waals surface area contributed by atoms with E-state index in [0.29, 0.717) is 42.6 Å². The van der Waals surface area contributed by atoms with Crippen molar-refractivity contribution in [3.8, 4) is 0 Å². The summed E-state index contributed by atoms with van der Waals surface area (Å²) in [6.07, 6.45) is 0. The quantitative estimate of drug-likeness (QED) is 0.269. The van der Waals surface area contributed by atoms with Crippen molar-refractivity contribution in [3.63, 3.8) is 0 Å². The van der Waals surface area contributed by atoms with Crippen LogP contribution >= 0.6 is 11.8 Å². The van der Waals surface area contributed by atoms with Gasteiger partial charge in [-0.25, -0.2) is 14.4 Å². The van der Waals surface area contributed by atoms with Crippen molar-refractivity contribution < 1.29 is 23.5 Å². The second-order valence-corrected chi connectivity index (χ2v) is 8.42. The number of carbonyl (C=O) groups is 3. The number of ether oxygens (including phenoxy) is 1. The van der Waals surface area contributed by atoms with Gasteiger partial charge in [-0.05, 0) is 45.0 Å². The van der Waals surface area contributed by atoms with Gasteiger partial charge in [-0.1, -0.05) is 11.8 Å². The zero-order valence-electron chi connectivity index (χ0n) is 18.3. The number of halogens is 1. The van der Waals surface area contributed by atoms with Gasteiger partial charge in [0.25, 0.3) is 5.91 Å². The van der Waals surface area contributed by atoms with Crippen LogP contribution in [0.1, 0.15) is 28.7 Å². The molecule has 0 unspecified atom stereocenters. The number of aromatic nitrogens is 2. The van der Waals surface area contributed by atoms with Crippen LogP contribution in [0.3, 0.4) is 0 Å². The Morgan fingerprint density at radius 1 is 1.06 bits per heavy atom. The molecule has 0 bridgehead atoms. The molecule has 1 aromatic carbocycles. The van der Waals surface area contributed by atoms with E-state index in [4.69, 9.17) is 4.74 Å². The molecular weight excluding hydrogens is 435 g/mol. The molecule has 0 atom stereocenters. The van der Waals surface area contributed by atoms with E-state index in [1.165, 1.54) is 13.0 Å². The molecule has 0 aliphatic carbocycles. The number of carbonyl (C=O) groups excluding carboxylic acids is 3. The summed E-state index contributed by atoms with van der Waals surface area (Å²) in [5.41, 5.74) is 2.36. The molecule has 2 heterocycles. The minimum absolute atomic E-state index is 0.0134. The van der Waals surface area contributed by atoms with Gasteiger partial charge in [-0.2, -0.15) is 0 Å². The smallest absolute Gasteiger partial charge is 0.316 e. The number of rotatable bonds is 7. The Morgan fingerprint density at radius 2 is 1.72 bits per heavy atom. The highest BCUT2D eigenvalue weighted by Gasteiger charge is 2.24. The van der Waals surface area contributed by atoms with Crippen LogP contribution in [-0.4, -0.2) is 71.1 Å². The third-order valence-corrected chi connectivity index (χ3v) is 5.79. The van der Waals surface area contributed by atoms with Gasteiger partial charge >= 0.3 is 5.97 Å². The van der Waals surface area contributed by atoms with E-state index >= 15 is 0 Å². The molecule has 1 fully saturated rings. The molecule has 170 valence electrons. The molecule has 2 aromatic rings. The summed E-state index contributed by atoms with van der Waals surface area (Å²) in [5.74, 6) is -1.45. The average Bonchev–Trinajstić information content (AvgIpc) is 2.75. The number of Topliss-reactive ketones (excluding diaryl/α,β-unsaturated/α-hetero) is 1. The van der Waals surface area contributed by atoms with Crippen LogP contribution in [0.5, 0.6) is 0 Å². The Balaban J connectivity index is 1.43. The zero-order valence-corrected chi connectivity index (χ0v) is 19.1. The van der Waals surface area contributed by atoms with Crippen LogP contribution in [0.2, 0.25) is 0 Å². The van der Waals surface area contributed by atoms with E-state index in [1.807, 2.05) is 24.8 Å². The Hall–Kier alpha value is -3.01. The number of benzene rings is 1. The van der Waals surface area contributed by atoms with Gasteiger partial charge in [0, 0.05) is 43.1 Å². The number of thioether (sulfide) groups is 1. The van der Waals surface area contributed by atoms with Crippen molar-refractivity contribution in [2.24, 2.45) is 0 Å². The predicted octanol–water partition coefficient (Wildman–Crippen LogP) is 2.42. The number of hydrogen-bond acceptors (Lipinski definition) is 8. The lowest BCUT2D eigenvalue weighted by atomic mass is 10.1. The van der Waals surface area contributed by atoms with E-state index in [0.717, 1.165) is 23.1 Å². The Morgan fingerprint density at radius 3 is 2.31 bits per heavy atom. The zero-order chi connectivity index (χ0) is 23.3. The number of hydrogen-bond donors (Lipinski definition) is 0. The lowest BCUT2D eigenvalue weighted by Crippen LogP contribution is -2.50. The van der Waals surface area contributed by atoms with Gasteiger partial charge < -0.3 is 14.5 Å². The Bertz CT molecular complexity index is 1000. The van der Waals surface area contributed by atoms with Crippen LogP contribution in [-0.2, 0) is 14.3 Å². The monoisotopic (exact) mass is 460 g/mol. The molecule has 10 heteroatoms. The van der Waals surface area contributed by atoms with Gasteiger partial charge in [-0.15, -0.1) is 0 Å². The summed E-state index contributed by atoms with van der Waals surface area (Å²) in [7, 11) is 0. The number of piperazine rings is 1. The van der Waals surface area contributed by atoms with Gasteiger partial charge in [0.15, 0.2) is 17.5 Å². The topological polar surface area (TPSA) is 92.7 Å². The maximum absolute atomic E-state index is 14.4. The minimum atomic E-state index is -0.516. The Kier molecular flexibility index (Phi) is 7.79. The molecule has 0 N–H and O–H groups in total. The summed E-state index contributed by atoms with van der Waals surface area (Å²) in [5, 5.41) is 0.491. The molecular formula is C22H25FN4O4S. The molecule has 1 amide bonds. The standard InChI is InChI=1S/C22H25FN4O4S/c1-14-10-15(2)25-22(24-14)32-13-21(30)31-12-20(29)27-8-6-26(7-9-27)19-5-4-17(16(3)28)11-18(19)23/h4-5,10-11H,6-9,12-13H2,1-3H3. The van der Waals surface area contributed by atoms with E-state index in [9.17, 15) is 18.8 Å². The van der Waals surface area contributed by atoms with Crippen molar-refractivity contribution in [2.45, 2.75) is 25.9 Å². The van der Waals surface area contributed by atoms with Crippen molar-refractivity contribution in [1.82, 2.24) is 14.9 Å². The number of aryl methyl sites for hydroxylation is 2. The van der Waals surface area contributed by atoms with Crippen molar-refractivity contribution in [2.75, 3.05) is 43.4 Å². The van der Waals surface area contributed by atoms with Gasteiger partial charge in [0.2, 0.25) is 0 Å². The molecule has 1 aliphatic rings. The lowest BCUT2D eigenvalue weighted by molar-refractivity contribution is -0.150. The minimum Gasteiger partial charge on any atom is -0.455 e. The van der Waals surface area contributed by atoms with Crippen LogP contribution in [0.15, 0.2) is 29.4 Å². The average molecular weight is 461 g/mol. The summed E-state index contributed by atoms with van der Waals surface area (Å²) in [6, 6.07) is 6.26. The maximum Gasteiger partial charge on any atom is 0.316 e. The molecule has 0 radical (unpaired) electrons. The fourth-order valence-electron chi connectivity index (χ4n) is 3.34. The third-order valence-electron chi connectivity index (χ3n) is 4.96. The number of amides is 1. The third kappa shape index (κ3) is 6.25. The predicted molar refractivity (Wildman–Crippen MR) is 118 cm³/mol. The molecule has 1 aromatic heterocycles. The number of ketones is 1. The first-order valence-electron chi connectivity index (χ1n) is 10.2. The molecule has 1 aliphatic heterocycles. The van der Waals surface area contributed by atoms with Crippen LogP contribution in [0.25, 0.3) is 0 Å². The summed E-state index contributed by atoms with van der Waals surface area (Å²) >= 11 is 1.16. The largest absolute Gasteiger partial charge is 0.455 e. The fourth-order valence-corrected chi connectivity index (χ4v) is 4.08. The second kappa shape index (κ2) is 10.5. The first kappa shape index (κ1) is 23.6. The van der Waals surface area contributed by atoms with E-state index in [-0.39, 0.29) is 24.1 Å². The van der Waals surface area contributed by atoms with Gasteiger partial charge in [-0.3, -0.25) is 14.4 Å². The van der Waals surface area contributed by atoms with E-state index in [2.05, 4.69) is 9.97 Å². The van der Waals surface area contributed by atoms with Crippen molar-refractivity contribution >= 4 is 35.1 Å². The molecule has 32 heavy (non-hydrogen) atoms. The molecule has 1 saturated heterocycles. The number of anilines is 1. The van der Waals surface area contributed by atoms with Crippen LogP contribution in [0.4, 0.5) is 10.1 Å². The number of esters is 1. The van der Waals surface area contributed by atoms with Crippen molar-refractivity contribution in [3.05, 3.63) is 47.0 Å². The highest BCUT2D eigenvalue weighted by molar-refractivity contribution is 7.99. The lowest BCUT2D eigenvalue weighted by Gasteiger charge is -2.36. The first-order chi connectivity index (χ1) is 15.2. The van der Waals surface area contributed by atoms with Gasteiger partial charge in [0.05, 0.1) is 11.4 Å². The van der Waals surface area contributed by atoms with Crippen molar-refractivity contribution in [1.29, 1.82) is 0 Å². The van der Waals surface area contributed by atoms with Crippen LogP contribution in [0, 0.1) is 19.7 Å².